The van der Waals surface area contributed by atoms with Gasteiger partial charge in [0.25, 0.3) is 5.91 Å². The maximum Gasteiger partial charge on any atom is 0.258 e. The number of carbonyl (C=O) groups is 1. The van der Waals surface area contributed by atoms with E-state index in [1.165, 1.54) is 0 Å². The Bertz CT molecular complexity index is 1010. The topological polar surface area (TPSA) is 76.6 Å². The van der Waals surface area contributed by atoms with Gasteiger partial charge in [0, 0.05) is 50.8 Å². The normalized spacial score (nSPS) is 15.9. The highest BCUT2D eigenvalue weighted by molar-refractivity contribution is 5.99. The van der Waals surface area contributed by atoms with Crippen LogP contribution < -0.4 is 15.0 Å². The van der Waals surface area contributed by atoms with E-state index in [0.717, 1.165) is 41.3 Å². The van der Waals surface area contributed by atoms with Gasteiger partial charge in [0.15, 0.2) is 6.61 Å². The second kappa shape index (κ2) is 9.09. The fraction of sp³-hybridized carbons (Fsp3) is 0.348. The SMILES string of the molecule is CN(C)c1ncc(-c2c(OCC(=O)NCC3CCCO3)ccc3ccccc23)cn1. The molecule has 1 aromatic heterocycles. The Hall–Kier alpha value is -3.19. The fourth-order valence-corrected chi connectivity index (χ4v) is 3.58. The first-order valence-electron chi connectivity index (χ1n) is 10.1. The molecule has 4 rings (SSSR count). The van der Waals surface area contributed by atoms with Gasteiger partial charge in [-0.25, -0.2) is 9.97 Å². The summed E-state index contributed by atoms with van der Waals surface area (Å²) < 4.78 is 11.5. The van der Waals surface area contributed by atoms with Crippen molar-refractivity contribution in [3.63, 3.8) is 0 Å². The summed E-state index contributed by atoms with van der Waals surface area (Å²) in [6.45, 7) is 1.23. The van der Waals surface area contributed by atoms with E-state index in [4.69, 9.17) is 9.47 Å². The predicted octanol–water partition coefficient (Wildman–Crippen LogP) is 3.04. The number of hydrogen-bond donors (Lipinski definition) is 1. The average Bonchev–Trinajstić information content (AvgIpc) is 3.29. The smallest absolute Gasteiger partial charge is 0.258 e. The van der Waals surface area contributed by atoms with E-state index < -0.39 is 0 Å². The van der Waals surface area contributed by atoms with Crippen LogP contribution in [-0.4, -0.2) is 55.8 Å². The van der Waals surface area contributed by atoms with E-state index >= 15 is 0 Å². The lowest BCUT2D eigenvalue weighted by atomic mass is 9.99. The van der Waals surface area contributed by atoms with Crippen molar-refractivity contribution in [1.82, 2.24) is 15.3 Å². The van der Waals surface area contributed by atoms with E-state index in [2.05, 4.69) is 15.3 Å². The molecule has 7 nitrogen and oxygen atoms in total. The first-order chi connectivity index (χ1) is 14.6. The molecule has 2 heterocycles. The molecule has 1 amide bonds. The number of ether oxygens (including phenoxy) is 2. The second-order valence-corrected chi connectivity index (χ2v) is 7.55. The molecule has 0 radical (unpaired) electrons. The van der Waals surface area contributed by atoms with Gasteiger partial charge in [-0.15, -0.1) is 0 Å². The lowest BCUT2D eigenvalue weighted by Crippen LogP contribution is -2.35. The number of benzene rings is 2. The minimum Gasteiger partial charge on any atom is -0.483 e. The highest BCUT2D eigenvalue weighted by Crippen LogP contribution is 2.36. The summed E-state index contributed by atoms with van der Waals surface area (Å²) in [7, 11) is 3.80. The maximum atomic E-state index is 12.3. The van der Waals surface area contributed by atoms with Crippen molar-refractivity contribution in [1.29, 1.82) is 0 Å². The number of nitrogens with one attached hydrogen (secondary N) is 1. The minimum absolute atomic E-state index is 0.0608. The van der Waals surface area contributed by atoms with Crippen LogP contribution >= 0.6 is 0 Å². The first-order valence-corrected chi connectivity index (χ1v) is 10.1. The number of rotatable bonds is 7. The van der Waals surface area contributed by atoms with Crippen LogP contribution in [0.3, 0.4) is 0 Å². The van der Waals surface area contributed by atoms with Gasteiger partial charge >= 0.3 is 0 Å². The van der Waals surface area contributed by atoms with Gasteiger partial charge in [0.1, 0.15) is 5.75 Å². The maximum absolute atomic E-state index is 12.3. The van der Waals surface area contributed by atoms with Crippen LogP contribution in [0.4, 0.5) is 5.95 Å². The zero-order valence-electron chi connectivity index (χ0n) is 17.3. The van der Waals surface area contributed by atoms with Crippen molar-refractivity contribution < 1.29 is 14.3 Å². The number of fused-ring (bicyclic) bond motifs is 1. The monoisotopic (exact) mass is 406 g/mol. The molecule has 1 aliphatic rings. The Morgan fingerprint density at radius 2 is 2.00 bits per heavy atom. The number of hydrogen-bond acceptors (Lipinski definition) is 6. The molecule has 1 saturated heterocycles. The van der Waals surface area contributed by atoms with Gasteiger partial charge in [-0.2, -0.15) is 0 Å². The van der Waals surface area contributed by atoms with Gasteiger partial charge in [0.05, 0.1) is 6.10 Å². The highest BCUT2D eigenvalue weighted by atomic mass is 16.5. The average molecular weight is 406 g/mol. The minimum atomic E-state index is -0.163. The van der Waals surface area contributed by atoms with Crippen molar-refractivity contribution in [3.8, 4) is 16.9 Å². The van der Waals surface area contributed by atoms with Crippen molar-refractivity contribution in [3.05, 3.63) is 48.8 Å². The van der Waals surface area contributed by atoms with E-state index in [1.807, 2.05) is 55.4 Å². The predicted molar refractivity (Wildman–Crippen MR) is 117 cm³/mol. The molecule has 1 atom stereocenters. The molecule has 3 aromatic rings. The number of carbonyl (C=O) groups excluding carboxylic acids is 1. The van der Waals surface area contributed by atoms with Crippen molar-refractivity contribution in [2.24, 2.45) is 0 Å². The summed E-state index contributed by atoms with van der Waals surface area (Å²) in [4.78, 5) is 23.0. The quantitative estimate of drug-likeness (QED) is 0.650. The summed E-state index contributed by atoms with van der Waals surface area (Å²) in [6, 6.07) is 12.0. The van der Waals surface area contributed by atoms with Gasteiger partial charge in [-0.3, -0.25) is 4.79 Å². The second-order valence-electron chi connectivity index (χ2n) is 7.55. The number of anilines is 1. The molecule has 1 fully saturated rings. The third-order valence-electron chi connectivity index (χ3n) is 5.13. The molecule has 1 aliphatic heterocycles. The Labute approximate surface area is 176 Å². The summed E-state index contributed by atoms with van der Waals surface area (Å²) in [5.74, 6) is 1.10. The zero-order valence-corrected chi connectivity index (χ0v) is 17.3. The van der Waals surface area contributed by atoms with Crippen LogP contribution in [0, 0.1) is 0 Å². The lowest BCUT2D eigenvalue weighted by molar-refractivity contribution is -0.123. The molecule has 2 aromatic carbocycles. The van der Waals surface area contributed by atoms with Crippen molar-refractivity contribution in [2.45, 2.75) is 18.9 Å². The van der Waals surface area contributed by atoms with Crippen LogP contribution in [0.15, 0.2) is 48.8 Å². The Morgan fingerprint density at radius 1 is 1.20 bits per heavy atom. The summed E-state index contributed by atoms with van der Waals surface area (Å²) in [5.41, 5.74) is 1.72. The fourth-order valence-electron chi connectivity index (χ4n) is 3.58. The summed E-state index contributed by atoms with van der Waals surface area (Å²) in [6.07, 6.45) is 5.71. The number of amides is 1. The van der Waals surface area contributed by atoms with Crippen LogP contribution in [0.1, 0.15) is 12.8 Å². The van der Waals surface area contributed by atoms with Gasteiger partial charge in [-0.05, 0) is 29.7 Å². The Morgan fingerprint density at radius 3 is 2.73 bits per heavy atom. The molecule has 0 bridgehead atoms. The van der Waals surface area contributed by atoms with Gasteiger partial charge < -0.3 is 19.7 Å². The lowest BCUT2D eigenvalue weighted by Gasteiger charge is -2.16. The van der Waals surface area contributed by atoms with E-state index in [9.17, 15) is 4.79 Å². The largest absolute Gasteiger partial charge is 0.483 e. The molecule has 0 spiro atoms. The molecule has 30 heavy (non-hydrogen) atoms. The molecule has 1 N–H and O–H groups in total. The molecular weight excluding hydrogens is 380 g/mol. The molecule has 0 saturated carbocycles. The zero-order chi connectivity index (χ0) is 20.9. The molecule has 7 heteroatoms. The van der Waals surface area contributed by atoms with E-state index in [1.54, 1.807) is 12.4 Å². The molecule has 0 aliphatic carbocycles. The van der Waals surface area contributed by atoms with Crippen LogP contribution in [0.25, 0.3) is 21.9 Å². The van der Waals surface area contributed by atoms with Gasteiger partial charge in [-0.1, -0.05) is 30.3 Å². The van der Waals surface area contributed by atoms with Crippen LogP contribution in [-0.2, 0) is 9.53 Å². The molecule has 156 valence electrons. The standard InChI is InChI=1S/C23H26N4O3/c1-27(2)23-25-12-17(13-26-23)22-19-8-4-3-6-16(19)9-10-20(22)30-15-21(28)24-14-18-7-5-11-29-18/h3-4,6,8-10,12-13,18H,5,7,11,14-15H2,1-2H3,(H,24,28). The van der Waals surface area contributed by atoms with E-state index in [0.29, 0.717) is 18.2 Å². The number of nitrogens with zero attached hydrogens (tertiary/aromatic N) is 3. The van der Waals surface area contributed by atoms with Crippen LogP contribution in [0.5, 0.6) is 5.75 Å². The number of aromatic nitrogens is 2. The Balaban J connectivity index is 1.56. The highest BCUT2D eigenvalue weighted by Gasteiger charge is 2.17. The van der Waals surface area contributed by atoms with Crippen molar-refractivity contribution >= 4 is 22.6 Å². The van der Waals surface area contributed by atoms with E-state index in [-0.39, 0.29) is 18.6 Å². The van der Waals surface area contributed by atoms with Crippen LogP contribution in [0.2, 0.25) is 0 Å². The first kappa shape index (κ1) is 20.1. The summed E-state index contributed by atoms with van der Waals surface area (Å²) >= 11 is 0. The molecular formula is C23H26N4O3. The third-order valence-corrected chi connectivity index (χ3v) is 5.13. The third kappa shape index (κ3) is 4.52. The van der Waals surface area contributed by atoms with Gasteiger partial charge in [0.2, 0.25) is 5.95 Å². The van der Waals surface area contributed by atoms with Crippen molar-refractivity contribution in [2.75, 3.05) is 38.8 Å². The summed E-state index contributed by atoms with van der Waals surface area (Å²) in [5, 5.41) is 5.00. The molecule has 1 unspecified atom stereocenters. The Kier molecular flexibility index (Phi) is 6.09.